The van der Waals surface area contributed by atoms with Gasteiger partial charge in [0.1, 0.15) is 5.69 Å². The normalized spacial score (nSPS) is 13.1. The minimum Gasteiger partial charge on any atom is -0.304 e. The number of aromatic nitrogens is 4. The van der Waals surface area contributed by atoms with Gasteiger partial charge in [0, 0.05) is 28.8 Å². The molecule has 1 fully saturated rings. The van der Waals surface area contributed by atoms with Crippen LogP contribution in [0, 0.1) is 33.6 Å². The zero-order valence-corrected chi connectivity index (χ0v) is 28.1. The average molecular weight is 641 g/mol. The summed E-state index contributed by atoms with van der Waals surface area (Å²) in [5, 5.41) is 0. The second kappa shape index (κ2) is 15.2. The van der Waals surface area contributed by atoms with Gasteiger partial charge >= 0.3 is 11.4 Å². The molecule has 0 spiro atoms. The number of carbonyl (C=O) groups excluding carboxylic acids is 2. The van der Waals surface area contributed by atoms with Crippen LogP contribution in [0.1, 0.15) is 111 Å². The topological polar surface area (TPSA) is 155 Å². The molecule has 47 heavy (non-hydrogen) atoms. The number of carbonyl (C=O) groups is 2. The van der Waals surface area contributed by atoms with Gasteiger partial charge in [-0.15, -0.1) is 0 Å². The van der Waals surface area contributed by atoms with E-state index in [1.807, 2.05) is 58.9 Å². The molecule has 10 nitrogen and oxygen atoms in total. The van der Waals surface area contributed by atoms with Crippen molar-refractivity contribution in [3.05, 3.63) is 134 Å². The van der Waals surface area contributed by atoms with Crippen LogP contribution in [0.2, 0.25) is 0 Å². The minimum atomic E-state index is -0.667. The third-order valence-corrected chi connectivity index (χ3v) is 8.62. The molecule has 0 saturated heterocycles. The van der Waals surface area contributed by atoms with Gasteiger partial charge in [-0.1, -0.05) is 67.5 Å². The molecule has 5 rings (SSSR count). The van der Waals surface area contributed by atoms with Crippen LogP contribution >= 0.6 is 0 Å². The molecule has 2 aromatic carbocycles. The highest BCUT2D eigenvalue weighted by atomic mass is 16.2. The number of nitrogens with one attached hydrogen (secondary N) is 3. The van der Waals surface area contributed by atoms with Gasteiger partial charge in [0.25, 0.3) is 11.1 Å². The van der Waals surface area contributed by atoms with Gasteiger partial charge in [0.05, 0.1) is 5.69 Å². The number of aromatic amines is 3. The zero-order valence-electron chi connectivity index (χ0n) is 28.1. The van der Waals surface area contributed by atoms with E-state index < -0.39 is 22.5 Å². The maximum Gasteiger partial charge on any atom is 0.328 e. The van der Waals surface area contributed by atoms with Crippen LogP contribution in [-0.4, -0.2) is 31.1 Å². The van der Waals surface area contributed by atoms with Gasteiger partial charge in [-0.3, -0.25) is 33.7 Å². The Labute approximate surface area is 273 Å². The van der Waals surface area contributed by atoms with Gasteiger partial charge < -0.3 is 4.98 Å². The largest absolute Gasteiger partial charge is 0.328 e. The van der Waals surface area contributed by atoms with Crippen molar-refractivity contribution in [1.82, 2.24) is 19.5 Å². The predicted octanol–water partition coefficient (Wildman–Crippen LogP) is 5.00. The van der Waals surface area contributed by atoms with E-state index in [0.717, 1.165) is 47.9 Å². The third kappa shape index (κ3) is 8.30. The first-order valence-electron chi connectivity index (χ1n) is 16.3. The van der Waals surface area contributed by atoms with Crippen LogP contribution in [0.4, 0.5) is 0 Å². The molecule has 2 aromatic heterocycles. The van der Waals surface area contributed by atoms with Crippen LogP contribution in [0.25, 0.3) is 0 Å². The van der Waals surface area contributed by atoms with Crippen molar-refractivity contribution in [1.29, 1.82) is 0 Å². The van der Waals surface area contributed by atoms with Gasteiger partial charge in [-0.05, 0) is 83.6 Å². The van der Waals surface area contributed by atoms with E-state index >= 15 is 0 Å². The number of benzene rings is 2. The molecule has 1 aliphatic rings. The number of ketones is 2. The highest BCUT2D eigenvalue weighted by Gasteiger charge is 2.25. The first-order chi connectivity index (χ1) is 22.3. The molecule has 0 unspecified atom stereocenters. The summed E-state index contributed by atoms with van der Waals surface area (Å²) in [5.41, 5.74) is 3.83. The van der Waals surface area contributed by atoms with Crippen molar-refractivity contribution in [2.45, 2.75) is 93.0 Å². The molecular formula is C37H44N4O6. The quantitative estimate of drug-likeness (QED) is 0.230. The Balaban J connectivity index is 0.000000223. The van der Waals surface area contributed by atoms with Crippen molar-refractivity contribution >= 4 is 11.6 Å². The predicted molar refractivity (Wildman–Crippen MR) is 183 cm³/mol. The number of rotatable bonds is 8. The van der Waals surface area contributed by atoms with Gasteiger partial charge in [-0.25, -0.2) is 9.59 Å². The molecule has 0 atom stereocenters. The van der Waals surface area contributed by atoms with E-state index in [4.69, 9.17) is 0 Å². The summed E-state index contributed by atoms with van der Waals surface area (Å²) in [6.07, 6.45) is 6.44. The summed E-state index contributed by atoms with van der Waals surface area (Å²) in [6, 6.07) is 11.1. The lowest BCUT2D eigenvalue weighted by Crippen LogP contribution is -2.39. The zero-order chi connectivity index (χ0) is 34.4. The van der Waals surface area contributed by atoms with Crippen LogP contribution < -0.4 is 22.5 Å². The standard InChI is InChI=1S/C22H28N2O3.C15H16N2O3/c1-4-18-19(20(25)17-11-14(2)10-15(3)12-17)24(22(27)23-21(18)26)13-16-8-6-5-7-9-16;1-4-11-12(16-15(20)17-14(11)19)13(18)10-6-8(2)5-9(3)7-10/h10-12,16H,4-9,13H2,1-3H3,(H,23,26,27);5-7H,4H2,1-3H3,(H2,16,17,19,20). The fourth-order valence-electron chi connectivity index (χ4n) is 6.54. The van der Waals surface area contributed by atoms with Crippen molar-refractivity contribution in [3.8, 4) is 0 Å². The van der Waals surface area contributed by atoms with Crippen LogP contribution in [0.3, 0.4) is 0 Å². The van der Waals surface area contributed by atoms with E-state index in [0.29, 0.717) is 47.6 Å². The molecule has 1 aliphatic carbocycles. The Bertz CT molecular complexity index is 2000. The van der Waals surface area contributed by atoms with Gasteiger partial charge in [-0.2, -0.15) is 0 Å². The number of hydrogen-bond acceptors (Lipinski definition) is 6. The molecule has 0 bridgehead atoms. The minimum absolute atomic E-state index is 0.0752. The van der Waals surface area contributed by atoms with E-state index in [1.54, 1.807) is 19.1 Å². The number of H-pyrrole nitrogens is 3. The molecule has 0 aliphatic heterocycles. The van der Waals surface area contributed by atoms with Gasteiger partial charge in [0.2, 0.25) is 11.6 Å². The Hall–Kier alpha value is -4.86. The highest BCUT2D eigenvalue weighted by molar-refractivity contribution is 6.09. The second-order valence-electron chi connectivity index (χ2n) is 12.6. The molecular weight excluding hydrogens is 596 g/mol. The molecule has 0 amide bonds. The van der Waals surface area contributed by atoms with Crippen LogP contribution in [-0.2, 0) is 19.4 Å². The Morgan fingerprint density at radius 3 is 1.66 bits per heavy atom. The van der Waals surface area contributed by atoms with Crippen molar-refractivity contribution in [2.75, 3.05) is 0 Å². The highest BCUT2D eigenvalue weighted by Crippen LogP contribution is 2.26. The molecule has 2 heterocycles. The fourth-order valence-corrected chi connectivity index (χ4v) is 6.54. The monoisotopic (exact) mass is 640 g/mol. The van der Waals surface area contributed by atoms with E-state index in [-0.39, 0.29) is 23.0 Å². The lowest BCUT2D eigenvalue weighted by atomic mass is 9.89. The lowest BCUT2D eigenvalue weighted by Gasteiger charge is -2.24. The fraction of sp³-hybridized carbons (Fsp3) is 0.405. The maximum absolute atomic E-state index is 13.4. The Kier molecular flexibility index (Phi) is 11.3. The first-order valence-corrected chi connectivity index (χ1v) is 16.3. The summed E-state index contributed by atoms with van der Waals surface area (Å²) in [4.78, 5) is 81.0. The Morgan fingerprint density at radius 1 is 0.660 bits per heavy atom. The smallest absolute Gasteiger partial charge is 0.304 e. The SMILES string of the molecule is CCc1c(C(=O)c2cc(C)cc(C)c2)[nH]c(=O)[nH]c1=O.CCc1c(C(=O)c2cc(C)cc(C)c2)n(CC2CCCCC2)c(=O)[nH]c1=O. The van der Waals surface area contributed by atoms with Gasteiger partial charge in [0.15, 0.2) is 0 Å². The lowest BCUT2D eigenvalue weighted by molar-refractivity contribution is 0.102. The van der Waals surface area contributed by atoms with Crippen LogP contribution in [0.15, 0.2) is 55.6 Å². The molecule has 1 saturated carbocycles. The molecule has 4 aromatic rings. The molecule has 10 heteroatoms. The molecule has 3 N–H and O–H groups in total. The summed E-state index contributed by atoms with van der Waals surface area (Å²) in [7, 11) is 0. The van der Waals surface area contributed by atoms with E-state index in [1.165, 1.54) is 11.0 Å². The molecule has 0 radical (unpaired) electrons. The summed E-state index contributed by atoms with van der Waals surface area (Å²) in [5.74, 6) is -0.202. The third-order valence-electron chi connectivity index (χ3n) is 8.62. The average Bonchev–Trinajstić information content (AvgIpc) is 3.01. The van der Waals surface area contributed by atoms with E-state index in [2.05, 4.69) is 15.0 Å². The summed E-state index contributed by atoms with van der Waals surface area (Å²) < 4.78 is 1.52. The van der Waals surface area contributed by atoms with Crippen molar-refractivity contribution < 1.29 is 9.59 Å². The Morgan fingerprint density at radius 2 is 1.15 bits per heavy atom. The summed E-state index contributed by atoms with van der Waals surface area (Å²) >= 11 is 0. The first kappa shape index (κ1) is 35.0. The second-order valence-corrected chi connectivity index (χ2v) is 12.6. The van der Waals surface area contributed by atoms with Crippen LogP contribution in [0.5, 0.6) is 0 Å². The summed E-state index contributed by atoms with van der Waals surface area (Å²) in [6.45, 7) is 11.8. The van der Waals surface area contributed by atoms with Crippen molar-refractivity contribution in [2.24, 2.45) is 5.92 Å². The maximum atomic E-state index is 13.4. The number of nitrogens with zero attached hydrogens (tertiary/aromatic N) is 1. The molecule has 248 valence electrons. The van der Waals surface area contributed by atoms with Crippen molar-refractivity contribution in [3.63, 3.8) is 0 Å². The number of aryl methyl sites for hydroxylation is 4. The number of hydrogen-bond donors (Lipinski definition) is 3. The van der Waals surface area contributed by atoms with E-state index in [9.17, 15) is 28.8 Å².